The lowest BCUT2D eigenvalue weighted by Gasteiger charge is -2.24. The summed E-state index contributed by atoms with van der Waals surface area (Å²) in [4.78, 5) is 12.2. The molecule has 0 aliphatic heterocycles. The van der Waals surface area contributed by atoms with E-state index in [0.717, 1.165) is 21.9 Å². The summed E-state index contributed by atoms with van der Waals surface area (Å²) < 4.78 is 53.2. The Morgan fingerprint density at radius 2 is 1.24 bits per heavy atom. The third kappa shape index (κ3) is 7.15. The first kappa shape index (κ1) is 30.7. The molecule has 0 saturated heterocycles. The van der Waals surface area contributed by atoms with Crippen LogP contribution in [0.1, 0.15) is 34.8 Å². The van der Waals surface area contributed by atoms with Gasteiger partial charge in [0.15, 0.2) is 0 Å². The second-order valence-electron chi connectivity index (χ2n) is 9.41. The van der Waals surface area contributed by atoms with Crippen molar-refractivity contribution in [3.63, 3.8) is 0 Å². The van der Waals surface area contributed by atoms with Crippen LogP contribution in [0.15, 0.2) is 84.9 Å². The molecule has 0 heterocycles. The fraction of sp³-hybridized carbons (Fsp3) is 0.167. The van der Waals surface area contributed by atoms with Crippen molar-refractivity contribution in [2.75, 3.05) is 20.5 Å². The predicted molar refractivity (Wildman–Crippen MR) is 167 cm³/mol. The first-order valence-electron chi connectivity index (χ1n) is 13.0. The maximum absolute atomic E-state index is 12.4. The fourth-order valence-corrected chi connectivity index (χ4v) is 5.47. The molecule has 0 spiro atoms. The first-order chi connectivity index (χ1) is 20.1. The number of hydrogen-bond acceptors (Lipinski definition) is 5. The van der Waals surface area contributed by atoms with Crippen LogP contribution in [-0.2, 0) is 22.5 Å². The van der Waals surface area contributed by atoms with Crippen molar-refractivity contribution in [3.05, 3.63) is 102 Å². The number of nitrogens with one attached hydrogen (secondary N) is 1. The second-order valence-corrected chi connectivity index (χ2v) is 11.1. The Hall–Kier alpha value is -4.23. The van der Waals surface area contributed by atoms with Crippen LogP contribution in [-0.4, -0.2) is 35.1 Å². The summed E-state index contributed by atoms with van der Waals surface area (Å²) >= 11 is -4.92. The SMILES string of the molecule is CCCNc1cc(Oc2ccc(N(c3ccc(C)cc3)S(=O)O)c(C(=O)O)c2)ccc1N(c1ccc(C)cc1)S(=O)O. The summed E-state index contributed by atoms with van der Waals surface area (Å²) in [5.41, 5.74) is 3.58. The molecule has 0 aliphatic carbocycles. The number of carbonyl (C=O) groups is 1. The number of carboxylic acids is 1. The number of carboxylic acid groups (broad SMARTS) is 1. The van der Waals surface area contributed by atoms with E-state index in [1.54, 1.807) is 54.6 Å². The molecule has 0 bridgehead atoms. The molecule has 0 aromatic heterocycles. The minimum absolute atomic E-state index is 0.0133. The van der Waals surface area contributed by atoms with Gasteiger partial charge in [-0.2, -0.15) is 0 Å². The smallest absolute Gasteiger partial charge is 0.337 e. The van der Waals surface area contributed by atoms with Gasteiger partial charge in [0.25, 0.3) is 22.5 Å². The Morgan fingerprint density at radius 3 is 1.71 bits per heavy atom. The van der Waals surface area contributed by atoms with Crippen LogP contribution in [0, 0.1) is 13.8 Å². The Bertz CT molecular complexity index is 1610. The van der Waals surface area contributed by atoms with E-state index in [9.17, 15) is 27.4 Å². The summed E-state index contributed by atoms with van der Waals surface area (Å²) in [6, 6.07) is 23.1. The van der Waals surface area contributed by atoms with Crippen molar-refractivity contribution in [2.45, 2.75) is 27.2 Å². The van der Waals surface area contributed by atoms with Gasteiger partial charge in [-0.3, -0.25) is 9.11 Å². The van der Waals surface area contributed by atoms with Crippen molar-refractivity contribution in [1.82, 2.24) is 0 Å². The summed E-state index contributed by atoms with van der Waals surface area (Å²) in [5.74, 6) is -0.785. The van der Waals surface area contributed by atoms with E-state index in [2.05, 4.69) is 5.32 Å². The van der Waals surface area contributed by atoms with Crippen LogP contribution in [0.5, 0.6) is 11.5 Å². The normalized spacial score (nSPS) is 12.3. The zero-order valence-electron chi connectivity index (χ0n) is 23.2. The Morgan fingerprint density at radius 1 is 0.762 bits per heavy atom. The topological polar surface area (TPSA) is 140 Å². The zero-order valence-corrected chi connectivity index (χ0v) is 24.8. The van der Waals surface area contributed by atoms with Gasteiger partial charge in [-0.25, -0.2) is 21.8 Å². The predicted octanol–water partition coefficient (Wildman–Crippen LogP) is 7.17. The average Bonchev–Trinajstić information content (AvgIpc) is 2.95. The summed E-state index contributed by atoms with van der Waals surface area (Å²) in [6.07, 6.45) is 0.796. The molecule has 0 saturated carbocycles. The van der Waals surface area contributed by atoms with Gasteiger partial charge in [0.05, 0.1) is 34.0 Å². The molecule has 220 valence electrons. The van der Waals surface area contributed by atoms with E-state index in [4.69, 9.17) is 4.74 Å². The molecule has 0 amide bonds. The van der Waals surface area contributed by atoms with Gasteiger partial charge in [-0.05, 0) is 74.9 Å². The van der Waals surface area contributed by atoms with Crippen LogP contribution in [0.3, 0.4) is 0 Å². The minimum atomic E-state index is -2.55. The van der Waals surface area contributed by atoms with Gasteiger partial charge in [-0.15, -0.1) is 0 Å². The number of rotatable bonds is 12. The number of benzene rings is 4. The largest absolute Gasteiger partial charge is 0.478 e. The summed E-state index contributed by atoms with van der Waals surface area (Å²) in [6.45, 7) is 6.37. The standard InChI is InChI=1S/C30H31N3O7S2/c1-4-17-31-27-19-25(14-16-29(27)33(42(38)39)23-11-7-21(3)8-12-23)40-24-13-15-28(26(18-24)30(34)35)32(41(36)37)22-9-5-20(2)6-10-22/h5-16,18-19,31H,4,17H2,1-3H3,(H,34,35)(H,36,37)(H,38,39). The molecule has 0 radical (unpaired) electrons. The molecule has 4 aromatic carbocycles. The van der Waals surface area contributed by atoms with Crippen LogP contribution in [0.25, 0.3) is 0 Å². The molecule has 4 rings (SSSR count). The molecule has 42 heavy (non-hydrogen) atoms. The van der Waals surface area contributed by atoms with E-state index in [-0.39, 0.29) is 17.0 Å². The summed E-state index contributed by atoms with van der Waals surface area (Å²) in [7, 11) is 0. The molecule has 4 N–H and O–H groups in total. The van der Waals surface area contributed by atoms with E-state index in [1.165, 1.54) is 22.5 Å². The highest BCUT2D eigenvalue weighted by Crippen LogP contribution is 2.38. The van der Waals surface area contributed by atoms with Crippen LogP contribution in [0.4, 0.5) is 28.4 Å². The third-order valence-electron chi connectivity index (χ3n) is 6.25. The van der Waals surface area contributed by atoms with Crippen molar-refractivity contribution < 1.29 is 32.2 Å². The molecule has 2 unspecified atom stereocenters. The van der Waals surface area contributed by atoms with Gasteiger partial charge >= 0.3 is 5.97 Å². The maximum Gasteiger partial charge on any atom is 0.337 e. The van der Waals surface area contributed by atoms with E-state index in [0.29, 0.717) is 35.0 Å². The highest BCUT2D eigenvalue weighted by molar-refractivity contribution is 7.81. The molecular formula is C30H31N3O7S2. The molecule has 12 heteroatoms. The van der Waals surface area contributed by atoms with Crippen LogP contribution < -0.4 is 18.7 Å². The van der Waals surface area contributed by atoms with E-state index >= 15 is 0 Å². The number of ether oxygens (including phenoxy) is 1. The highest BCUT2D eigenvalue weighted by Gasteiger charge is 2.24. The average molecular weight is 610 g/mol. The van der Waals surface area contributed by atoms with Crippen molar-refractivity contribution in [2.24, 2.45) is 0 Å². The molecule has 2 atom stereocenters. The van der Waals surface area contributed by atoms with Crippen LogP contribution in [0.2, 0.25) is 0 Å². The lowest BCUT2D eigenvalue weighted by Crippen LogP contribution is -2.21. The van der Waals surface area contributed by atoms with Crippen molar-refractivity contribution >= 4 is 56.9 Å². The Kier molecular flexibility index (Phi) is 9.96. The van der Waals surface area contributed by atoms with Crippen molar-refractivity contribution in [1.29, 1.82) is 0 Å². The highest BCUT2D eigenvalue weighted by atomic mass is 32.2. The van der Waals surface area contributed by atoms with Gasteiger partial charge in [0, 0.05) is 12.6 Å². The maximum atomic E-state index is 12.4. The first-order valence-corrected chi connectivity index (χ1v) is 15.1. The monoisotopic (exact) mass is 609 g/mol. The van der Waals surface area contributed by atoms with Crippen LogP contribution >= 0.6 is 0 Å². The van der Waals surface area contributed by atoms with Crippen molar-refractivity contribution in [3.8, 4) is 11.5 Å². The number of hydrogen-bond donors (Lipinski definition) is 4. The van der Waals surface area contributed by atoms with Gasteiger partial charge < -0.3 is 15.2 Å². The number of aryl methyl sites for hydroxylation is 2. The second kappa shape index (κ2) is 13.6. The van der Waals surface area contributed by atoms with E-state index in [1.807, 2.05) is 32.9 Å². The lowest BCUT2D eigenvalue weighted by atomic mass is 10.1. The molecular weight excluding hydrogens is 578 g/mol. The molecule has 0 fully saturated rings. The summed E-state index contributed by atoms with van der Waals surface area (Å²) in [5, 5.41) is 13.2. The lowest BCUT2D eigenvalue weighted by molar-refractivity contribution is 0.0697. The molecule has 10 nitrogen and oxygen atoms in total. The van der Waals surface area contributed by atoms with Gasteiger partial charge in [0.2, 0.25) is 0 Å². The number of nitrogens with zero attached hydrogens (tertiary/aromatic N) is 2. The van der Waals surface area contributed by atoms with E-state index < -0.39 is 28.5 Å². The number of anilines is 5. The molecule has 0 aliphatic rings. The van der Waals surface area contributed by atoms with Gasteiger partial charge in [0.1, 0.15) is 11.5 Å². The minimum Gasteiger partial charge on any atom is -0.478 e. The number of aromatic carboxylic acids is 1. The quantitative estimate of drug-likeness (QED) is 0.124. The Balaban J connectivity index is 1.71. The fourth-order valence-electron chi connectivity index (χ4n) is 4.21. The third-order valence-corrected chi connectivity index (χ3v) is 7.69. The zero-order chi connectivity index (χ0) is 30.4. The Labute approximate surface area is 249 Å². The van der Waals surface area contributed by atoms with Gasteiger partial charge in [-0.1, -0.05) is 42.3 Å². The molecule has 4 aromatic rings.